The number of piperidine rings is 1. The maximum atomic E-state index is 14.1. The van der Waals surface area contributed by atoms with Crippen LogP contribution in [0.5, 0.6) is 0 Å². The Kier molecular flexibility index (Phi) is 9.02. The van der Waals surface area contributed by atoms with Crippen molar-refractivity contribution in [1.29, 1.82) is 0 Å². The summed E-state index contributed by atoms with van der Waals surface area (Å²) >= 11 is 0. The van der Waals surface area contributed by atoms with Crippen molar-refractivity contribution in [3.63, 3.8) is 0 Å². The number of unbranched alkanes of at least 4 members (excludes halogenated alkanes) is 1. The molecule has 2 N–H and O–H groups in total. The maximum Gasteiger partial charge on any atom is 0.308 e. The summed E-state index contributed by atoms with van der Waals surface area (Å²) in [5, 5.41) is 4.13. The van der Waals surface area contributed by atoms with Crippen LogP contribution in [0.2, 0.25) is 0 Å². The Morgan fingerprint density at radius 3 is 2.43 bits per heavy atom. The molecule has 0 aliphatic carbocycles. The van der Waals surface area contributed by atoms with Crippen molar-refractivity contribution in [2.24, 2.45) is 0 Å². The summed E-state index contributed by atoms with van der Waals surface area (Å²) in [6.07, 6.45) is 6.72. The number of carbonyl (C=O) groups excluding carboxylic acids is 3. The van der Waals surface area contributed by atoms with Crippen LogP contribution >= 0.6 is 0 Å². The van der Waals surface area contributed by atoms with E-state index in [1.165, 1.54) is 5.56 Å². The number of para-hydroxylation sites is 1. The Labute approximate surface area is 248 Å². The fraction of sp³-hybridized carbons (Fsp3) is 0.500. The van der Waals surface area contributed by atoms with Crippen molar-refractivity contribution in [1.82, 2.24) is 20.1 Å². The van der Waals surface area contributed by atoms with E-state index in [2.05, 4.69) is 39.5 Å². The molecule has 0 bridgehead atoms. The third-order valence-electron chi connectivity index (χ3n) is 8.58. The molecule has 1 atom stereocenters. The number of nitrogens with zero attached hydrogens (tertiary/aromatic N) is 2. The maximum absolute atomic E-state index is 14.1. The molecule has 1 aromatic heterocycles. The summed E-state index contributed by atoms with van der Waals surface area (Å²) in [5.41, 5.74) is 1.78. The third kappa shape index (κ3) is 6.86. The average Bonchev–Trinajstić information content (AvgIpc) is 3.37. The highest BCUT2D eigenvalue weighted by Gasteiger charge is 2.53. The van der Waals surface area contributed by atoms with Crippen LogP contribution in [0, 0.1) is 0 Å². The Morgan fingerprint density at radius 1 is 0.976 bits per heavy atom. The number of carbonyl (C=O) groups is 3. The van der Waals surface area contributed by atoms with Crippen molar-refractivity contribution in [2.75, 3.05) is 26.2 Å². The standard InChI is InChI=1S/C34H44N4O4/c1-33(2,3)42-30(39)16-20-38-31(40)29(23-26-24-35-28-15-8-7-14-27(26)28)36-32(41)34(38)17-21-37(22-18-34)19-10-9-13-25-11-5-4-6-12-25/h4-8,11-12,14-15,24,29,35H,9-10,13,16-23H2,1-3H3,(H,36,41). The number of benzene rings is 2. The van der Waals surface area contributed by atoms with E-state index in [0.29, 0.717) is 19.3 Å². The highest BCUT2D eigenvalue weighted by atomic mass is 16.6. The van der Waals surface area contributed by atoms with Crippen molar-refractivity contribution in [3.05, 3.63) is 71.9 Å². The zero-order valence-corrected chi connectivity index (χ0v) is 25.2. The van der Waals surface area contributed by atoms with Crippen molar-refractivity contribution in [3.8, 4) is 0 Å². The molecule has 8 nitrogen and oxygen atoms in total. The van der Waals surface area contributed by atoms with Gasteiger partial charge in [0.05, 0.1) is 6.42 Å². The predicted molar refractivity (Wildman–Crippen MR) is 164 cm³/mol. The number of rotatable bonds is 10. The van der Waals surface area contributed by atoms with E-state index in [0.717, 1.165) is 55.4 Å². The molecule has 3 heterocycles. The number of nitrogens with one attached hydrogen (secondary N) is 2. The Hall–Kier alpha value is -3.65. The third-order valence-corrected chi connectivity index (χ3v) is 8.58. The molecule has 1 spiro atoms. The molecule has 3 aromatic rings. The number of fused-ring (bicyclic) bond motifs is 1. The van der Waals surface area contributed by atoms with Crippen LogP contribution in [0.25, 0.3) is 10.9 Å². The lowest BCUT2D eigenvalue weighted by Crippen LogP contribution is -2.73. The number of ether oxygens (including phenoxy) is 1. The zero-order valence-electron chi connectivity index (χ0n) is 25.2. The first-order valence-electron chi connectivity index (χ1n) is 15.3. The number of aryl methyl sites for hydroxylation is 1. The van der Waals surface area contributed by atoms with Gasteiger partial charge in [-0.3, -0.25) is 14.4 Å². The van der Waals surface area contributed by atoms with E-state index < -0.39 is 17.2 Å². The summed E-state index contributed by atoms with van der Waals surface area (Å²) < 4.78 is 5.54. The van der Waals surface area contributed by atoms with Crippen LogP contribution < -0.4 is 5.32 Å². The molecule has 0 saturated carbocycles. The monoisotopic (exact) mass is 572 g/mol. The molecule has 8 heteroatoms. The lowest BCUT2D eigenvalue weighted by molar-refractivity contribution is -0.164. The minimum Gasteiger partial charge on any atom is -0.460 e. The molecule has 5 rings (SSSR count). The topological polar surface area (TPSA) is 94.7 Å². The minimum atomic E-state index is -0.948. The molecule has 2 saturated heterocycles. The van der Waals surface area contributed by atoms with Crippen molar-refractivity contribution < 1.29 is 19.1 Å². The molecule has 0 radical (unpaired) electrons. The van der Waals surface area contributed by atoms with Gasteiger partial charge in [-0.2, -0.15) is 0 Å². The van der Waals surface area contributed by atoms with Gasteiger partial charge >= 0.3 is 5.97 Å². The number of likely N-dealkylation sites (tertiary alicyclic amines) is 1. The summed E-state index contributed by atoms with van der Waals surface area (Å²) in [6.45, 7) is 8.11. The summed E-state index contributed by atoms with van der Waals surface area (Å²) in [6, 6.07) is 17.8. The number of hydrogen-bond acceptors (Lipinski definition) is 5. The summed E-state index contributed by atoms with van der Waals surface area (Å²) in [4.78, 5) is 48.0. The number of aromatic amines is 1. The number of esters is 1. The van der Waals surface area contributed by atoms with Gasteiger partial charge in [-0.15, -0.1) is 0 Å². The molecule has 42 heavy (non-hydrogen) atoms. The first-order valence-corrected chi connectivity index (χ1v) is 15.3. The number of H-pyrrole nitrogens is 1. The van der Waals surface area contributed by atoms with Gasteiger partial charge in [0.2, 0.25) is 11.8 Å². The molecule has 2 aliphatic heterocycles. The second-order valence-electron chi connectivity index (χ2n) is 12.7. The Bertz CT molecular complexity index is 1390. The first-order chi connectivity index (χ1) is 20.1. The van der Waals surface area contributed by atoms with Gasteiger partial charge in [-0.25, -0.2) is 0 Å². The van der Waals surface area contributed by atoms with Gasteiger partial charge in [0.1, 0.15) is 17.2 Å². The number of piperazine rings is 1. The van der Waals surface area contributed by atoms with Crippen molar-refractivity contribution >= 4 is 28.7 Å². The highest BCUT2D eigenvalue weighted by Crippen LogP contribution is 2.34. The van der Waals surface area contributed by atoms with Gasteiger partial charge in [0.15, 0.2) is 0 Å². The van der Waals surface area contributed by atoms with E-state index in [1.54, 1.807) is 4.90 Å². The fourth-order valence-electron chi connectivity index (χ4n) is 6.41. The van der Waals surface area contributed by atoms with Crippen LogP contribution in [0.15, 0.2) is 60.8 Å². The highest BCUT2D eigenvalue weighted by molar-refractivity contribution is 6.00. The van der Waals surface area contributed by atoms with Gasteiger partial charge in [-0.05, 0) is 76.6 Å². The van der Waals surface area contributed by atoms with Gasteiger partial charge < -0.3 is 24.8 Å². The fourth-order valence-corrected chi connectivity index (χ4v) is 6.41. The quantitative estimate of drug-likeness (QED) is 0.273. The zero-order chi connectivity index (χ0) is 29.7. The number of aromatic nitrogens is 1. The average molecular weight is 573 g/mol. The SMILES string of the molecule is CC(C)(C)OC(=O)CCN1C(=O)C(Cc2c[nH]c3ccccc23)NC(=O)C12CCN(CCCCc1ccccc1)CC2. The Morgan fingerprint density at radius 2 is 1.69 bits per heavy atom. The molecule has 1 unspecified atom stereocenters. The minimum absolute atomic E-state index is 0.0566. The summed E-state index contributed by atoms with van der Waals surface area (Å²) in [5.74, 6) is -0.597. The van der Waals surface area contributed by atoms with Gasteiger partial charge in [0, 0.05) is 43.2 Å². The van der Waals surface area contributed by atoms with Gasteiger partial charge in [0.25, 0.3) is 0 Å². The van der Waals surface area contributed by atoms with E-state index in [4.69, 9.17) is 4.74 Å². The van der Waals surface area contributed by atoms with E-state index >= 15 is 0 Å². The molecule has 2 aromatic carbocycles. The molecular weight excluding hydrogens is 528 g/mol. The van der Waals surface area contributed by atoms with Crippen LogP contribution in [0.4, 0.5) is 0 Å². The van der Waals surface area contributed by atoms with Gasteiger partial charge in [-0.1, -0.05) is 48.5 Å². The number of hydrogen-bond donors (Lipinski definition) is 2. The molecule has 2 aliphatic rings. The van der Waals surface area contributed by atoms with Crippen LogP contribution in [0.1, 0.15) is 64.0 Å². The molecular formula is C34H44N4O4. The van der Waals surface area contributed by atoms with E-state index in [1.807, 2.05) is 57.3 Å². The molecule has 224 valence electrons. The van der Waals surface area contributed by atoms with Crippen LogP contribution in [-0.4, -0.2) is 75.9 Å². The molecule has 2 fully saturated rings. The Balaban J connectivity index is 1.26. The first kappa shape index (κ1) is 29.8. The van der Waals surface area contributed by atoms with Crippen LogP contribution in [0.3, 0.4) is 0 Å². The lowest BCUT2D eigenvalue weighted by atomic mass is 9.81. The van der Waals surface area contributed by atoms with E-state index in [-0.39, 0.29) is 30.7 Å². The summed E-state index contributed by atoms with van der Waals surface area (Å²) in [7, 11) is 0. The number of amides is 2. The smallest absolute Gasteiger partial charge is 0.308 e. The van der Waals surface area contributed by atoms with E-state index in [9.17, 15) is 14.4 Å². The van der Waals surface area contributed by atoms with Crippen LogP contribution in [-0.2, 0) is 32.0 Å². The largest absolute Gasteiger partial charge is 0.460 e. The second-order valence-corrected chi connectivity index (χ2v) is 12.7. The molecule has 2 amide bonds. The lowest BCUT2D eigenvalue weighted by Gasteiger charge is -2.51. The normalized spacial score (nSPS) is 19.3. The predicted octanol–water partition coefficient (Wildman–Crippen LogP) is 4.63. The van der Waals surface area contributed by atoms with Crippen molar-refractivity contribution in [2.45, 2.75) is 82.9 Å². The second kappa shape index (κ2) is 12.7.